The third-order valence-electron chi connectivity index (χ3n) is 6.21. The van der Waals surface area contributed by atoms with E-state index in [1.165, 1.54) is 0 Å². The second-order valence-electron chi connectivity index (χ2n) is 9.37. The van der Waals surface area contributed by atoms with Gasteiger partial charge >= 0.3 is 0 Å². The molecule has 3 rings (SSSR count). The molecule has 35 heavy (non-hydrogen) atoms. The van der Waals surface area contributed by atoms with Gasteiger partial charge in [0.2, 0.25) is 11.8 Å². The average Bonchev–Trinajstić information content (AvgIpc) is 3.43. The van der Waals surface area contributed by atoms with Crippen LogP contribution in [0.4, 0.5) is 0 Å². The molecule has 1 aliphatic heterocycles. The molecule has 0 spiro atoms. The normalized spacial score (nSPS) is 19.2. The maximum Gasteiger partial charge on any atom is 0.268 e. The number of aliphatic hydroxyl groups is 2. The molecule has 10 nitrogen and oxygen atoms in total. The van der Waals surface area contributed by atoms with Crippen molar-refractivity contribution < 1.29 is 29.3 Å². The number of methoxy groups -OCH3 is 1. The van der Waals surface area contributed by atoms with Crippen LogP contribution in [0.3, 0.4) is 0 Å². The predicted molar refractivity (Wildman–Crippen MR) is 134 cm³/mol. The Balaban J connectivity index is 1.78. The van der Waals surface area contributed by atoms with Crippen molar-refractivity contribution in [3.63, 3.8) is 0 Å². The third kappa shape index (κ3) is 6.47. The summed E-state index contributed by atoms with van der Waals surface area (Å²) in [6, 6.07) is 5.14. The number of hydrogen-bond donors (Lipinski definition) is 7. The highest BCUT2D eigenvalue weighted by Gasteiger charge is 2.39. The van der Waals surface area contributed by atoms with E-state index in [4.69, 9.17) is 4.74 Å². The molecule has 0 radical (unpaired) electrons. The highest BCUT2D eigenvalue weighted by Crippen LogP contribution is 2.27. The topological polar surface area (TPSA) is 153 Å². The van der Waals surface area contributed by atoms with E-state index in [1.807, 2.05) is 19.9 Å². The van der Waals surface area contributed by atoms with Crippen LogP contribution in [-0.4, -0.2) is 70.2 Å². The minimum Gasteiger partial charge on any atom is -0.496 e. The summed E-state index contributed by atoms with van der Waals surface area (Å²) in [5.74, 6) is -0.924. The number of thiol groups is 1. The summed E-state index contributed by atoms with van der Waals surface area (Å²) < 4.78 is 5.35. The molecule has 11 heteroatoms. The van der Waals surface area contributed by atoms with Crippen molar-refractivity contribution in [2.75, 3.05) is 20.3 Å². The maximum atomic E-state index is 13.3. The number of hydrogen-bond acceptors (Lipinski definition) is 7. The van der Waals surface area contributed by atoms with E-state index < -0.39 is 41.4 Å². The first-order valence-corrected chi connectivity index (χ1v) is 12.1. The van der Waals surface area contributed by atoms with Gasteiger partial charge in [0, 0.05) is 23.4 Å². The molecule has 1 saturated heterocycles. The van der Waals surface area contributed by atoms with Crippen molar-refractivity contribution in [1.29, 1.82) is 0 Å². The van der Waals surface area contributed by atoms with E-state index in [0.29, 0.717) is 25.1 Å². The van der Waals surface area contributed by atoms with Gasteiger partial charge in [-0.3, -0.25) is 14.4 Å². The summed E-state index contributed by atoms with van der Waals surface area (Å²) in [6.45, 7) is 3.62. The Morgan fingerprint density at radius 2 is 2.06 bits per heavy atom. The molecule has 2 aromatic rings. The van der Waals surface area contributed by atoms with Crippen LogP contribution in [0.1, 0.15) is 43.6 Å². The van der Waals surface area contributed by atoms with E-state index in [2.05, 4.69) is 33.6 Å². The average molecular weight is 507 g/mol. The van der Waals surface area contributed by atoms with E-state index >= 15 is 0 Å². The highest BCUT2D eigenvalue weighted by molar-refractivity contribution is 7.81. The molecule has 1 aromatic heterocycles. The molecule has 192 valence electrons. The molecule has 3 amide bonds. The van der Waals surface area contributed by atoms with Crippen molar-refractivity contribution >= 4 is 41.3 Å². The molecule has 4 atom stereocenters. The zero-order chi connectivity index (χ0) is 25.8. The monoisotopic (exact) mass is 506 g/mol. The summed E-state index contributed by atoms with van der Waals surface area (Å²) in [7, 11) is 1.55. The van der Waals surface area contributed by atoms with Crippen LogP contribution in [0.5, 0.6) is 5.75 Å². The van der Waals surface area contributed by atoms with Gasteiger partial charge in [-0.1, -0.05) is 19.9 Å². The minimum atomic E-state index is -1.95. The number of aromatic amines is 1. The predicted octanol–water partition coefficient (Wildman–Crippen LogP) is 0.943. The van der Waals surface area contributed by atoms with E-state index in [-0.39, 0.29) is 23.9 Å². The number of aliphatic hydroxyl groups excluding tert-OH is 1. The van der Waals surface area contributed by atoms with E-state index in [9.17, 15) is 24.6 Å². The third-order valence-corrected chi connectivity index (χ3v) is 6.66. The summed E-state index contributed by atoms with van der Waals surface area (Å²) in [5, 5.41) is 29.2. The standard InChI is InChI=1S/C24H34N4O6S/c1-13(2)9-17(27-22(31)18-11-15-16(26-18)5-4-6-19(15)34-3)23(32)28-20(24(33,35)12-29)10-14-7-8-25-21(14)30/h4-6,11,13-14,17,20,26,29,33,35H,7-10,12H2,1-3H3,(H,25,30)(H,27,31)(H,28,32)/t14-,17-,20+,24-/m0/s1. The van der Waals surface area contributed by atoms with E-state index in [0.717, 1.165) is 10.9 Å². The summed E-state index contributed by atoms with van der Waals surface area (Å²) in [4.78, 5) is 39.5. The molecule has 1 aliphatic rings. The number of carbonyl (C=O) groups is 3. The molecule has 2 heterocycles. The zero-order valence-corrected chi connectivity index (χ0v) is 21.0. The van der Waals surface area contributed by atoms with Gasteiger partial charge in [0.05, 0.1) is 19.8 Å². The second-order valence-corrected chi connectivity index (χ2v) is 10.1. The molecular formula is C24H34N4O6S. The van der Waals surface area contributed by atoms with Gasteiger partial charge < -0.3 is 35.9 Å². The largest absolute Gasteiger partial charge is 0.496 e. The lowest BCUT2D eigenvalue weighted by atomic mass is 9.94. The highest BCUT2D eigenvalue weighted by atomic mass is 32.1. The first-order chi connectivity index (χ1) is 16.6. The van der Waals surface area contributed by atoms with Crippen LogP contribution in [0.25, 0.3) is 10.9 Å². The quantitative estimate of drug-likeness (QED) is 0.178. The number of aromatic nitrogens is 1. The molecule has 0 bridgehead atoms. The lowest BCUT2D eigenvalue weighted by molar-refractivity contribution is -0.127. The molecule has 1 fully saturated rings. The van der Waals surface area contributed by atoms with Gasteiger partial charge in [-0.15, -0.1) is 12.6 Å². The number of rotatable bonds is 11. The summed E-state index contributed by atoms with van der Waals surface area (Å²) in [5.41, 5.74) is 0.989. The minimum absolute atomic E-state index is 0.0700. The van der Waals surface area contributed by atoms with Crippen LogP contribution in [0, 0.1) is 11.8 Å². The van der Waals surface area contributed by atoms with Gasteiger partial charge in [0.15, 0.2) is 4.93 Å². The zero-order valence-electron chi connectivity index (χ0n) is 20.1. The molecule has 1 aromatic carbocycles. The molecule has 0 unspecified atom stereocenters. The Bertz CT molecular complexity index is 1070. The van der Waals surface area contributed by atoms with Crippen molar-refractivity contribution in [3.8, 4) is 5.75 Å². The first kappa shape index (κ1) is 26.8. The van der Waals surface area contributed by atoms with Crippen LogP contribution < -0.4 is 20.7 Å². The Kier molecular flexibility index (Phi) is 8.68. The number of amides is 3. The van der Waals surface area contributed by atoms with Crippen LogP contribution in [0.2, 0.25) is 0 Å². The maximum absolute atomic E-state index is 13.3. The number of H-pyrrole nitrogens is 1. The first-order valence-electron chi connectivity index (χ1n) is 11.7. The second kappa shape index (κ2) is 11.3. The van der Waals surface area contributed by atoms with Gasteiger partial charge in [-0.25, -0.2) is 0 Å². The Morgan fingerprint density at radius 1 is 1.31 bits per heavy atom. The smallest absolute Gasteiger partial charge is 0.268 e. The Morgan fingerprint density at radius 3 is 2.66 bits per heavy atom. The number of benzene rings is 1. The van der Waals surface area contributed by atoms with Gasteiger partial charge in [0.25, 0.3) is 5.91 Å². The summed E-state index contributed by atoms with van der Waals surface area (Å²) in [6.07, 6.45) is 0.987. The fraction of sp³-hybridized carbons (Fsp3) is 0.542. The SMILES string of the molecule is COc1cccc2[nH]c(C(=O)N[C@@H](CC(C)C)C(=O)N[C@H](C[C@@H]3CCNC3=O)[C@@](O)(S)CO)cc12. The van der Waals surface area contributed by atoms with Crippen LogP contribution >= 0.6 is 12.6 Å². The summed E-state index contributed by atoms with van der Waals surface area (Å²) >= 11 is 4.13. The number of carbonyl (C=O) groups excluding carboxylic acids is 3. The molecule has 0 saturated carbocycles. The fourth-order valence-electron chi connectivity index (χ4n) is 4.27. The van der Waals surface area contributed by atoms with Crippen molar-refractivity contribution in [2.45, 2.75) is 50.1 Å². The lowest BCUT2D eigenvalue weighted by Crippen LogP contribution is -2.57. The van der Waals surface area contributed by atoms with Crippen molar-refractivity contribution in [2.24, 2.45) is 11.8 Å². The van der Waals surface area contributed by atoms with Gasteiger partial charge in [-0.2, -0.15) is 0 Å². The van der Waals surface area contributed by atoms with Gasteiger partial charge in [-0.05, 0) is 43.4 Å². The van der Waals surface area contributed by atoms with Crippen LogP contribution in [-0.2, 0) is 9.59 Å². The fourth-order valence-corrected chi connectivity index (χ4v) is 4.44. The Hall–Kier alpha value is -2.76. The number of fused-ring (bicyclic) bond motifs is 1. The number of nitrogens with one attached hydrogen (secondary N) is 4. The van der Waals surface area contributed by atoms with Crippen molar-refractivity contribution in [3.05, 3.63) is 30.0 Å². The number of ether oxygens (including phenoxy) is 1. The van der Waals surface area contributed by atoms with Crippen molar-refractivity contribution in [1.82, 2.24) is 20.9 Å². The van der Waals surface area contributed by atoms with Gasteiger partial charge in [0.1, 0.15) is 17.5 Å². The molecule has 6 N–H and O–H groups in total. The molecule has 0 aliphatic carbocycles. The molecular weight excluding hydrogens is 472 g/mol. The van der Waals surface area contributed by atoms with Crippen LogP contribution in [0.15, 0.2) is 24.3 Å². The van der Waals surface area contributed by atoms with E-state index in [1.54, 1.807) is 25.3 Å². The lowest BCUT2D eigenvalue weighted by Gasteiger charge is -2.33. The Labute approximate surface area is 209 Å².